The number of aliphatic carboxylic acids is 1. The number of carbonyl (C=O) groups excluding carboxylic acids is 6. The van der Waals surface area contributed by atoms with Gasteiger partial charge in [-0.3, -0.25) is 33.8 Å². The first-order valence-corrected chi connectivity index (χ1v) is 19.4. The number of hydrogen-bond acceptors (Lipinski definition) is 23. The predicted molar refractivity (Wildman–Crippen MR) is 194 cm³/mol. The zero-order chi connectivity index (χ0) is 44.8. The number of aliphatic imine (C=N–C) groups is 1. The van der Waals surface area contributed by atoms with Crippen LogP contribution in [0.25, 0.3) is 0 Å². The largest absolute Gasteiger partial charge is 0.477 e. The lowest BCUT2D eigenvalue weighted by molar-refractivity contribution is -0.339. The number of esters is 5. The molecule has 0 bridgehead atoms. The van der Waals surface area contributed by atoms with Crippen LogP contribution in [0.1, 0.15) is 54.9 Å². The van der Waals surface area contributed by atoms with Gasteiger partial charge in [0.05, 0.1) is 30.4 Å². The van der Waals surface area contributed by atoms with E-state index in [0.717, 1.165) is 53.3 Å². The molecule has 3 saturated heterocycles. The summed E-state index contributed by atoms with van der Waals surface area (Å²) in [5.41, 5.74) is -0.960. The normalized spacial score (nSPS) is 36.0. The van der Waals surface area contributed by atoms with Crippen molar-refractivity contribution in [1.82, 2.24) is 5.32 Å². The van der Waals surface area contributed by atoms with E-state index in [1.165, 1.54) is 0 Å². The maximum atomic E-state index is 12.9. The minimum atomic E-state index is -2.83. The van der Waals surface area contributed by atoms with E-state index in [2.05, 4.69) is 10.3 Å². The number of rotatable bonds is 16. The van der Waals surface area contributed by atoms with E-state index < -0.39 is 165 Å². The Kier molecular flexibility index (Phi) is 16.8. The number of nitrogens with zero attached hydrogens (tertiary/aromatic N) is 1. The molecule has 0 aromatic rings. The van der Waals surface area contributed by atoms with Crippen LogP contribution < -0.4 is 5.32 Å². The number of hydrogen-bond donors (Lipinski definition) is 6. The topological polar surface area (TPSA) is 337 Å². The number of nitrogens with one attached hydrogen (secondary N) is 1. The molecular formula is C35H50N2O22S. The minimum absolute atomic E-state index is 0.451. The smallest absolute Gasteiger partial charge is 0.364 e. The molecule has 4 rings (SSSR count). The Morgan fingerprint density at radius 2 is 1.37 bits per heavy atom. The van der Waals surface area contributed by atoms with E-state index in [0.29, 0.717) is 5.04 Å². The van der Waals surface area contributed by atoms with Gasteiger partial charge in [-0.25, -0.2) is 4.79 Å². The molecule has 60 heavy (non-hydrogen) atoms. The Morgan fingerprint density at radius 1 is 0.817 bits per heavy atom. The van der Waals surface area contributed by atoms with E-state index >= 15 is 0 Å². The third kappa shape index (κ3) is 11.9. The molecule has 6 N–H and O–H groups in total. The van der Waals surface area contributed by atoms with Gasteiger partial charge in [-0.15, -0.1) is 0 Å². The summed E-state index contributed by atoms with van der Waals surface area (Å²) in [6.07, 6.45) is -21.1. The van der Waals surface area contributed by atoms with Gasteiger partial charge in [0, 0.05) is 48.0 Å². The second-order valence-electron chi connectivity index (χ2n) is 14.2. The van der Waals surface area contributed by atoms with Crippen molar-refractivity contribution in [2.75, 3.05) is 19.8 Å². The summed E-state index contributed by atoms with van der Waals surface area (Å²) in [5.74, 6) is -9.80. The van der Waals surface area contributed by atoms with Crippen LogP contribution in [-0.4, -0.2) is 189 Å². The minimum Gasteiger partial charge on any atom is -0.477 e. The monoisotopic (exact) mass is 882 g/mol. The van der Waals surface area contributed by atoms with Gasteiger partial charge in [0.1, 0.15) is 54.7 Å². The summed E-state index contributed by atoms with van der Waals surface area (Å²) in [6.45, 7) is 5.46. The van der Waals surface area contributed by atoms with Crippen molar-refractivity contribution < 1.29 is 106 Å². The molecule has 16 atom stereocenters. The molecule has 4 heterocycles. The summed E-state index contributed by atoms with van der Waals surface area (Å²) in [5, 5.41) is 54.9. The lowest BCUT2D eigenvalue weighted by atomic mass is 9.88. The zero-order valence-electron chi connectivity index (χ0n) is 33.5. The van der Waals surface area contributed by atoms with E-state index in [4.69, 9.17) is 47.4 Å². The highest BCUT2D eigenvalue weighted by molar-refractivity contribution is 8.14. The molecule has 0 unspecified atom stereocenters. The van der Waals surface area contributed by atoms with Crippen LogP contribution in [0.15, 0.2) is 4.99 Å². The van der Waals surface area contributed by atoms with E-state index in [1.54, 1.807) is 6.92 Å². The number of ether oxygens (including phenoxy) is 10. The molecule has 338 valence electrons. The van der Waals surface area contributed by atoms with Crippen molar-refractivity contribution in [2.24, 2.45) is 4.99 Å². The van der Waals surface area contributed by atoms with Gasteiger partial charge in [-0.05, 0) is 6.92 Å². The molecule has 1 amide bonds. The number of thioether (sulfide) groups is 1. The molecular weight excluding hydrogens is 832 g/mol. The summed E-state index contributed by atoms with van der Waals surface area (Å²) in [6, 6.07) is -2.54. The van der Waals surface area contributed by atoms with Crippen molar-refractivity contribution in [3.63, 3.8) is 0 Å². The third-order valence-electron chi connectivity index (χ3n) is 9.44. The molecule has 24 nitrogen and oxygen atoms in total. The lowest BCUT2D eigenvalue weighted by Gasteiger charge is -2.49. The van der Waals surface area contributed by atoms with Crippen molar-refractivity contribution in [2.45, 2.75) is 152 Å². The van der Waals surface area contributed by atoms with Crippen molar-refractivity contribution in [3.05, 3.63) is 0 Å². The molecule has 0 aromatic carbocycles. The van der Waals surface area contributed by atoms with Crippen molar-refractivity contribution in [1.29, 1.82) is 0 Å². The fourth-order valence-electron chi connectivity index (χ4n) is 7.10. The van der Waals surface area contributed by atoms with E-state index in [9.17, 15) is 59.1 Å². The molecule has 0 saturated carbocycles. The average Bonchev–Trinajstić information content (AvgIpc) is 3.52. The van der Waals surface area contributed by atoms with Gasteiger partial charge < -0.3 is 78.2 Å². The number of amides is 1. The van der Waals surface area contributed by atoms with Gasteiger partial charge in [-0.2, -0.15) is 0 Å². The molecule has 0 aromatic heterocycles. The first-order valence-electron chi connectivity index (χ1n) is 18.5. The van der Waals surface area contributed by atoms with Gasteiger partial charge >= 0.3 is 35.8 Å². The van der Waals surface area contributed by atoms with Crippen LogP contribution in [-0.2, 0) is 80.9 Å². The highest BCUT2D eigenvalue weighted by Crippen LogP contribution is 2.42. The van der Waals surface area contributed by atoms with Crippen LogP contribution >= 0.6 is 11.8 Å². The average molecular weight is 883 g/mol. The van der Waals surface area contributed by atoms with Crippen molar-refractivity contribution in [3.8, 4) is 0 Å². The molecule has 25 heteroatoms. The summed E-state index contributed by atoms with van der Waals surface area (Å²) >= 11 is 1.09. The van der Waals surface area contributed by atoms with Crippen molar-refractivity contribution >= 4 is 58.5 Å². The fourth-order valence-corrected chi connectivity index (χ4v) is 8.18. The molecule has 0 aliphatic carbocycles. The number of carboxylic acid groups (broad SMARTS) is 1. The Labute approximate surface area is 346 Å². The highest BCUT2D eigenvalue weighted by Gasteiger charge is 2.60. The number of aliphatic hydroxyl groups is 4. The second-order valence-corrected chi connectivity index (χ2v) is 15.5. The molecule has 4 aliphatic heterocycles. The summed E-state index contributed by atoms with van der Waals surface area (Å²) in [7, 11) is 0. The summed E-state index contributed by atoms with van der Waals surface area (Å²) < 4.78 is 57.7. The second kappa shape index (κ2) is 20.7. The van der Waals surface area contributed by atoms with Crippen LogP contribution in [0.5, 0.6) is 0 Å². The summed E-state index contributed by atoms with van der Waals surface area (Å²) in [4.78, 5) is 91.2. The number of fused-ring (bicyclic) bond motifs is 1. The van der Waals surface area contributed by atoms with Crippen LogP contribution in [0.4, 0.5) is 0 Å². The Balaban J connectivity index is 1.76. The first-order chi connectivity index (χ1) is 28.1. The number of aliphatic hydroxyl groups excluding tert-OH is 4. The zero-order valence-corrected chi connectivity index (χ0v) is 34.3. The molecule has 0 spiro atoms. The van der Waals surface area contributed by atoms with Gasteiger partial charge in [-0.1, -0.05) is 11.8 Å². The van der Waals surface area contributed by atoms with Gasteiger partial charge in [0.2, 0.25) is 5.91 Å². The number of carbonyl (C=O) groups is 7. The number of carboxylic acids is 1. The quantitative estimate of drug-likeness (QED) is 0.0657. The maximum absolute atomic E-state index is 12.9. The van der Waals surface area contributed by atoms with Gasteiger partial charge in [0.15, 0.2) is 30.7 Å². The Morgan fingerprint density at radius 3 is 1.90 bits per heavy atom. The van der Waals surface area contributed by atoms with Crippen LogP contribution in [0, 0.1) is 0 Å². The van der Waals surface area contributed by atoms with Crippen LogP contribution in [0.2, 0.25) is 0 Å². The lowest BCUT2D eigenvalue weighted by Crippen LogP contribution is -2.68. The van der Waals surface area contributed by atoms with Crippen LogP contribution in [0.3, 0.4) is 0 Å². The third-order valence-corrected chi connectivity index (χ3v) is 10.5. The first kappa shape index (κ1) is 48.6. The SMILES string of the molecule is CC(=O)N[C@H]1[C@H]([C@H](O)[C@H](O)CO)O[C@@](OC[C@H]2O[C@@H]3SC(C)=N[C@@H]3[C@@H](O[C@@H]3O[C@H](COC(C)=O)[C@H](OC(C)=O)[C@H](OC(C)=O)[C@H]3OC(C)=O)[C@H]2OC(C)=O)(C(=O)O)C[C@@H]1O. The fraction of sp³-hybridized carbons (Fsp3) is 0.771. The molecule has 3 fully saturated rings. The highest BCUT2D eigenvalue weighted by atomic mass is 32.2. The standard InChI is InChI=1S/C35H50N2O22S/c1-12(39)36-23-19(45)8-35(34(48)49,59-28(23)25(47)20(46)9-38)51-11-22-26(52-15(4)41)29(24-33(57-22)60-13(2)37-24)58-32-31(55-18(7)44)30(54-17(6)43)27(53-16(5)42)21(56-32)10-50-14(3)40/h19-33,38,45-47H,8-11H2,1-7H3,(H,36,39)(H,48,49)/t19-,20+,21+,22+,23+,24+,25+,26-,27-,28+,29+,30-,31+,32-,33+,35+/m0/s1. The molecule has 0 radical (unpaired) electrons. The molecule has 4 aliphatic rings. The van der Waals surface area contributed by atoms with Gasteiger partial charge in [0.25, 0.3) is 5.79 Å². The van der Waals surface area contributed by atoms with E-state index in [1.807, 2.05) is 0 Å². The predicted octanol–water partition coefficient (Wildman–Crippen LogP) is -3.19. The Hall–Kier alpha value is -4.05. The maximum Gasteiger partial charge on any atom is 0.364 e. The van der Waals surface area contributed by atoms with E-state index in [-0.39, 0.29) is 0 Å². The Bertz CT molecular complexity index is 1650.